The number of carbonyl (C=O) groups excluding carboxylic acids is 1. The van der Waals surface area contributed by atoms with Crippen LogP contribution in [0.15, 0.2) is 40.0 Å². The predicted octanol–water partition coefficient (Wildman–Crippen LogP) is 3.19. The Bertz CT molecular complexity index is 614. The van der Waals surface area contributed by atoms with Gasteiger partial charge < -0.3 is 9.75 Å². The number of hydrazine groups is 1. The third kappa shape index (κ3) is 4.48. The Morgan fingerprint density at radius 3 is 2.48 bits per heavy atom. The zero-order valence-electron chi connectivity index (χ0n) is 12.6. The van der Waals surface area contributed by atoms with Gasteiger partial charge in [-0.15, -0.1) is 0 Å². The molecule has 126 valence electrons. The third-order valence-electron chi connectivity index (χ3n) is 3.45. The molecule has 1 aromatic carbocycles. The standard InChI is InChI=1S/C15H16BrF3N2O2/c1-9-13(14(22)23-2)12(21(20-9)8-15(17,18)19)7-10-3-5-11(16)6-4-10/h3-6,9,20H,7-8H2,1-2H3. The summed E-state index contributed by atoms with van der Waals surface area (Å²) in [5.74, 6) is -0.623. The minimum Gasteiger partial charge on any atom is -0.466 e. The van der Waals surface area contributed by atoms with E-state index < -0.39 is 24.7 Å². The lowest BCUT2D eigenvalue weighted by Gasteiger charge is -2.24. The maximum atomic E-state index is 12.8. The Kier molecular flexibility index (Phi) is 5.36. The molecular weight excluding hydrogens is 377 g/mol. The fourth-order valence-electron chi connectivity index (χ4n) is 2.48. The van der Waals surface area contributed by atoms with Crippen molar-refractivity contribution in [1.82, 2.24) is 10.4 Å². The first-order chi connectivity index (χ1) is 10.7. The SMILES string of the molecule is COC(=O)C1=C(Cc2ccc(Br)cc2)N(CC(F)(F)F)NC1C. The Balaban J connectivity index is 2.36. The fraction of sp³-hybridized carbons (Fsp3) is 0.400. The van der Waals surface area contributed by atoms with Crippen LogP contribution < -0.4 is 5.43 Å². The van der Waals surface area contributed by atoms with Crippen LogP contribution in [-0.2, 0) is 16.0 Å². The Labute approximate surface area is 140 Å². The van der Waals surface area contributed by atoms with E-state index in [9.17, 15) is 18.0 Å². The van der Waals surface area contributed by atoms with Crippen molar-refractivity contribution in [2.75, 3.05) is 13.7 Å². The van der Waals surface area contributed by atoms with E-state index in [4.69, 9.17) is 4.74 Å². The molecule has 0 aromatic heterocycles. The minimum atomic E-state index is -4.39. The first kappa shape index (κ1) is 17.8. The smallest absolute Gasteiger partial charge is 0.407 e. The van der Waals surface area contributed by atoms with E-state index in [-0.39, 0.29) is 17.7 Å². The Hall–Kier alpha value is -1.54. The predicted molar refractivity (Wildman–Crippen MR) is 82.2 cm³/mol. The monoisotopic (exact) mass is 392 g/mol. The first-order valence-electron chi connectivity index (χ1n) is 6.87. The highest BCUT2D eigenvalue weighted by Crippen LogP contribution is 2.29. The normalized spacial score (nSPS) is 18.5. The zero-order chi connectivity index (χ0) is 17.2. The van der Waals surface area contributed by atoms with Crippen molar-refractivity contribution in [3.8, 4) is 0 Å². The number of hydrogen-bond acceptors (Lipinski definition) is 4. The van der Waals surface area contributed by atoms with Crippen LogP contribution in [0.4, 0.5) is 13.2 Å². The van der Waals surface area contributed by atoms with Gasteiger partial charge in [-0.2, -0.15) is 13.2 Å². The molecule has 0 amide bonds. The number of ether oxygens (including phenoxy) is 1. The average Bonchev–Trinajstić information content (AvgIpc) is 2.74. The second-order valence-corrected chi connectivity index (χ2v) is 6.12. The summed E-state index contributed by atoms with van der Waals surface area (Å²) in [6.07, 6.45) is -4.19. The minimum absolute atomic E-state index is 0.200. The number of nitrogens with one attached hydrogen (secondary N) is 1. The topological polar surface area (TPSA) is 41.6 Å². The molecule has 4 nitrogen and oxygen atoms in total. The molecule has 1 aromatic rings. The lowest BCUT2D eigenvalue weighted by Crippen LogP contribution is -2.42. The molecule has 1 aliphatic rings. The second-order valence-electron chi connectivity index (χ2n) is 5.21. The van der Waals surface area contributed by atoms with E-state index in [1.165, 1.54) is 7.11 Å². The van der Waals surface area contributed by atoms with Crippen molar-refractivity contribution in [1.29, 1.82) is 0 Å². The number of allylic oxidation sites excluding steroid dienone is 1. The maximum Gasteiger partial charge on any atom is 0.407 e. The molecule has 23 heavy (non-hydrogen) atoms. The van der Waals surface area contributed by atoms with Crippen molar-refractivity contribution in [3.05, 3.63) is 45.6 Å². The highest BCUT2D eigenvalue weighted by Gasteiger charge is 2.39. The molecule has 1 aliphatic heterocycles. The maximum absolute atomic E-state index is 12.8. The van der Waals surface area contributed by atoms with E-state index in [1.54, 1.807) is 31.2 Å². The number of carbonyl (C=O) groups is 1. The molecule has 1 atom stereocenters. The van der Waals surface area contributed by atoms with Crippen molar-refractivity contribution in [2.24, 2.45) is 0 Å². The van der Waals surface area contributed by atoms with Crippen LogP contribution in [0.2, 0.25) is 0 Å². The van der Waals surface area contributed by atoms with Crippen LogP contribution in [0, 0.1) is 0 Å². The van der Waals surface area contributed by atoms with Gasteiger partial charge in [0, 0.05) is 16.6 Å². The highest BCUT2D eigenvalue weighted by atomic mass is 79.9. The number of halogens is 4. The number of methoxy groups -OCH3 is 1. The molecule has 1 heterocycles. The molecule has 0 fully saturated rings. The summed E-state index contributed by atoms with van der Waals surface area (Å²) in [7, 11) is 1.21. The van der Waals surface area contributed by atoms with Gasteiger partial charge in [-0.1, -0.05) is 28.1 Å². The molecule has 0 saturated carbocycles. The second kappa shape index (κ2) is 6.92. The first-order valence-corrected chi connectivity index (χ1v) is 7.67. The van der Waals surface area contributed by atoms with Gasteiger partial charge in [0.15, 0.2) is 0 Å². The summed E-state index contributed by atoms with van der Waals surface area (Å²) < 4.78 is 43.9. The summed E-state index contributed by atoms with van der Waals surface area (Å²) in [6, 6.07) is 6.64. The van der Waals surface area contributed by atoms with Crippen LogP contribution in [-0.4, -0.2) is 36.9 Å². The van der Waals surface area contributed by atoms with Crippen LogP contribution >= 0.6 is 15.9 Å². The number of esters is 1. The quantitative estimate of drug-likeness (QED) is 0.798. The van der Waals surface area contributed by atoms with Crippen LogP contribution in [0.5, 0.6) is 0 Å². The summed E-state index contributed by atoms with van der Waals surface area (Å²) >= 11 is 3.31. The largest absolute Gasteiger partial charge is 0.466 e. The highest BCUT2D eigenvalue weighted by molar-refractivity contribution is 9.10. The van der Waals surface area contributed by atoms with Gasteiger partial charge in [-0.05, 0) is 24.6 Å². The van der Waals surface area contributed by atoms with E-state index in [0.717, 1.165) is 15.0 Å². The Morgan fingerprint density at radius 2 is 1.96 bits per heavy atom. The Morgan fingerprint density at radius 1 is 1.35 bits per heavy atom. The van der Waals surface area contributed by atoms with E-state index in [2.05, 4.69) is 21.4 Å². The van der Waals surface area contributed by atoms with Gasteiger partial charge in [-0.25, -0.2) is 10.2 Å². The number of hydrogen-bond donors (Lipinski definition) is 1. The van der Waals surface area contributed by atoms with Gasteiger partial charge in [0.1, 0.15) is 6.54 Å². The molecule has 1 unspecified atom stereocenters. The van der Waals surface area contributed by atoms with Crippen LogP contribution in [0.25, 0.3) is 0 Å². The molecule has 1 N–H and O–H groups in total. The summed E-state index contributed by atoms with van der Waals surface area (Å²) in [4.78, 5) is 12.0. The van der Waals surface area contributed by atoms with Crippen LogP contribution in [0.3, 0.4) is 0 Å². The van der Waals surface area contributed by atoms with Crippen molar-refractivity contribution < 1.29 is 22.7 Å². The average molecular weight is 393 g/mol. The van der Waals surface area contributed by atoms with Crippen molar-refractivity contribution in [3.63, 3.8) is 0 Å². The van der Waals surface area contributed by atoms with Gasteiger partial charge in [0.05, 0.1) is 18.7 Å². The van der Waals surface area contributed by atoms with E-state index in [0.29, 0.717) is 0 Å². The third-order valence-corrected chi connectivity index (χ3v) is 3.98. The molecule has 0 spiro atoms. The summed E-state index contributed by atoms with van der Waals surface area (Å²) in [5, 5.41) is 0.985. The number of benzene rings is 1. The van der Waals surface area contributed by atoms with E-state index in [1.807, 2.05) is 0 Å². The van der Waals surface area contributed by atoms with Gasteiger partial charge in [-0.3, -0.25) is 0 Å². The molecule has 2 rings (SSSR count). The number of alkyl halides is 3. The van der Waals surface area contributed by atoms with Gasteiger partial charge >= 0.3 is 12.1 Å². The van der Waals surface area contributed by atoms with Gasteiger partial charge in [0.25, 0.3) is 0 Å². The number of nitrogens with zero attached hydrogens (tertiary/aromatic N) is 1. The summed E-state index contributed by atoms with van der Waals surface area (Å²) in [5.41, 5.74) is 3.99. The zero-order valence-corrected chi connectivity index (χ0v) is 14.2. The lowest BCUT2D eigenvalue weighted by molar-refractivity contribution is -0.146. The van der Waals surface area contributed by atoms with Crippen molar-refractivity contribution in [2.45, 2.75) is 25.6 Å². The molecule has 8 heteroatoms. The molecule has 0 radical (unpaired) electrons. The fourth-order valence-corrected chi connectivity index (χ4v) is 2.75. The van der Waals surface area contributed by atoms with Crippen molar-refractivity contribution >= 4 is 21.9 Å². The molecule has 0 aliphatic carbocycles. The molecule has 0 saturated heterocycles. The van der Waals surface area contributed by atoms with Gasteiger partial charge in [0.2, 0.25) is 0 Å². The lowest BCUT2D eigenvalue weighted by atomic mass is 10.0. The molecular formula is C15H16BrF3N2O2. The van der Waals surface area contributed by atoms with Crippen LogP contribution in [0.1, 0.15) is 12.5 Å². The molecule has 0 bridgehead atoms. The number of rotatable bonds is 4. The summed E-state index contributed by atoms with van der Waals surface area (Å²) in [6.45, 7) is 0.452. The van der Waals surface area contributed by atoms with E-state index >= 15 is 0 Å².